The minimum atomic E-state index is 0.0615. The Kier molecular flexibility index (Phi) is 4.64. The minimum absolute atomic E-state index is 0.0615. The molecule has 4 heterocycles. The molecule has 0 aliphatic carbocycles. The van der Waals surface area contributed by atoms with Gasteiger partial charge in [0.15, 0.2) is 0 Å². The maximum absolute atomic E-state index is 9.72. The van der Waals surface area contributed by atoms with E-state index in [9.17, 15) is 5.26 Å². The molecule has 2 N–H and O–H groups in total. The zero-order valence-electron chi connectivity index (χ0n) is 17.8. The van der Waals surface area contributed by atoms with E-state index in [1.807, 2.05) is 24.4 Å². The van der Waals surface area contributed by atoms with Gasteiger partial charge in [0, 0.05) is 56.8 Å². The van der Waals surface area contributed by atoms with Gasteiger partial charge in [0.25, 0.3) is 0 Å². The summed E-state index contributed by atoms with van der Waals surface area (Å²) in [5.41, 5.74) is 5.97. The topological polar surface area (TPSA) is 76.9 Å². The van der Waals surface area contributed by atoms with Crippen molar-refractivity contribution in [2.75, 3.05) is 11.9 Å². The van der Waals surface area contributed by atoms with Crippen molar-refractivity contribution in [3.63, 3.8) is 0 Å². The molecule has 1 aliphatic heterocycles. The van der Waals surface area contributed by atoms with E-state index < -0.39 is 0 Å². The highest BCUT2D eigenvalue weighted by atomic mass is 32.1. The summed E-state index contributed by atoms with van der Waals surface area (Å²) in [5.74, 6) is 0. The first-order chi connectivity index (χ1) is 14.9. The zero-order valence-corrected chi connectivity index (χ0v) is 18.6. The number of allylic oxidation sites excluding steroid dienone is 1. The van der Waals surface area contributed by atoms with Gasteiger partial charge < -0.3 is 10.3 Å². The Morgan fingerprint density at radius 2 is 2.06 bits per heavy atom. The minimum Gasteiger partial charge on any atom is -0.361 e. The molecule has 5 rings (SSSR count). The van der Waals surface area contributed by atoms with Gasteiger partial charge >= 0.3 is 0 Å². The zero-order chi connectivity index (χ0) is 21.6. The smallest absolute Gasteiger partial charge is 0.125 e. The number of nitrogens with one attached hydrogen (secondary N) is 2. The van der Waals surface area contributed by atoms with Crippen molar-refractivity contribution in [1.29, 1.82) is 5.26 Å². The number of fused-ring (bicyclic) bond motifs is 2. The Hall–Kier alpha value is -3.43. The van der Waals surface area contributed by atoms with E-state index in [2.05, 4.69) is 60.3 Å². The molecule has 1 aliphatic rings. The van der Waals surface area contributed by atoms with Crippen LogP contribution in [0.3, 0.4) is 0 Å². The molecule has 5 nitrogen and oxygen atoms in total. The maximum atomic E-state index is 9.72. The summed E-state index contributed by atoms with van der Waals surface area (Å²) < 4.78 is 0. The molecule has 3 aromatic heterocycles. The third kappa shape index (κ3) is 3.62. The number of aromatic nitrogens is 2. The van der Waals surface area contributed by atoms with E-state index in [1.165, 1.54) is 16.2 Å². The number of nitriles is 1. The number of anilines is 2. The number of aromatic amines is 1. The highest BCUT2D eigenvalue weighted by Crippen LogP contribution is 2.39. The van der Waals surface area contributed by atoms with E-state index in [1.54, 1.807) is 17.5 Å². The van der Waals surface area contributed by atoms with Crippen LogP contribution < -0.4 is 5.32 Å². The third-order valence-corrected chi connectivity index (χ3v) is 6.78. The van der Waals surface area contributed by atoms with Crippen LogP contribution in [0.25, 0.3) is 26.7 Å². The number of H-pyrrole nitrogens is 1. The van der Waals surface area contributed by atoms with Crippen LogP contribution in [0, 0.1) is 16.7 Å². The number of aliphatic imine (C=N–C) groups is 1. The summed E-state index contributed by atoms with van der Waals surface area (Å²) >= 11 is 1.68. The van der Waals surface area contributed by atoms with Crippen LogP contribution in [0.2, 0.25) is 0 Å². The molecule has 4 aromatic rings. The molecule has 6 heteroatoms. The van der Waals surface area contributed by atoms with Crippen LogP contribution in [-0.2, 0) is 0 Å². The number of hydrogen-bond acceptors (Lipinski definition) is 5. The highest BCUT2D eigenvalue weighted by Gasteiger charge is 2.23. The van der Waals surface area contributed by atoms with E-state index in [0.717, 1.165) is 45.5 Å². The second-order valence-corrected chi connectivity index (χ2v) is 9.87. The first kappa shape index (κ1) is 19.5. The van der Waals surface area contributed by atoms with Crippen LogP contribution in [0.5, 0.6) is 0 Å². The fraction of sp³-hybridized carbons (Fsp3) is 0.240. The van der Waals surface area contributed by atoms with Gasteiger partial charge in [-0.15, -0.1) is 11.3 Å². The van der Waals surface area contributed by atoms with Crippen LogP contribution in [-0.4, -0.2) is 22.2 Å². The quantitative estimate of drug-likeness (QED) is 0.385. The Morgan fingerprint density at radius 3 is 2.87 bits per heavy atom. The average molecular weight is 426 g/mol. The van der Waals surface area contributed by atoms with E-state index >= 15 is 0 Å². The molecule has 0 radical (unpaired) electrons. The van der Waals surface area contributed by atoms with Gasteiger partial charge in [-0.1, -0.05) is 26.8 Å². The molecule has 0 saturated heterocycles. The fourth-order valence-electron chi connectivity index (χ4n) is 3.91. The second kappa shape index (κ2) is 7.36. The summed E-state index contributed by atoms with van der Waals surface area (Å²) in [4.78, 5) is 14.6. The summed E-state index contributed by atoms with van der Waals surface area (Å²) in [7, 11) is 0. The van der Waals surface area contributed by atoms with Crippen LogP contribution in [0.15, 0.2) is 53.8 Å². The molecular weight excluding hydrogens is 402 g/mol. The average Bonchev–Trinajstić information content (AvgIpc) is 3.40. The van der Waals surface area contributed by atoms with Gasteiger partial charge in [-0.2, -0.15) is 5.26 Å². The molecule has 31 heavy (non-hydrogen) atoms. The van der Waals surface area contributed by atoms with Crippen molar-refractivity contribution in [1.82, 2.24) is 9.97 Å². The number of hydrogen-bond donors (Lipinski definition) is 2. The highest BCUT2D eigenvalue weighted by molar-refractivity contribution is 7.19. The Morgan fingerprint density at radius 1 is 1.19 bits per heavy atom. The predicted molar refractivity (Wildman–Crippen MR) is 130 cm³/mol. The molecular formula is C25H23N5S. The number of nitrogens with zero attached hydrogens (tertiary/aromatic N) is 3. The number of pyridine rings is 1. The van der Waals surface area contributed by atoms with Crippen molar-refractivity contribution in [2.45, 2.75) is 27.2 Å². The van der Waals surface area contributed by atoms with Crippen molar-refractivity contribution < 1.29 is 0 Å². The molecule has 0 fully saturated rings. The SMILES string of the molecule is CC(C)(C)C1=NCC=C(c2cc3c(Nc4ccc5[nH]ccc5c4)c(C#N)cnc3s2)C1. The second-order valence-electron chi connectivity index (χ2n) is 8.84. The van der Waals surface area contributed by atoms with Crippen molar-refractivity contribution in [3.05, 3.63) is 59.2 Å². The lowest BCUT2D eigenvalue weighted by molar-refractivity contribution is 0.580. The maximum Gasteiger partial charge on any atom is 0.125 e. The lowest BCUT2D eigenvalue weighted by atomic mass is 9.84. The lowest BCUT2D eigenvalue weighted by Crippen LogP contribution is -2.22. The predicted octanol–water partition coefficient (Wildman–Crippen LogP) is 6.67. The molecule has 0 amide bonds. The van der Waals surface area contributed by atoms with Crippen LogP contribution in [0.1, 0.15) is 37.6 Å². The molecule has 154 valence electrons. The number of benzene rings is 1. The molecule has 0 spiro atoms. The van der Waals surface area contributed by atoms with Gasteiger partial charge in [0.2, 0.25) is 0 Å². The number of thiophene rings is 1. The van der Waals surface area contributed by atoms with Crippen molar-refractivity contribution in [2.24, 2.45) is 10.4 Å². The molecule has 0 atom stereocenters. The fourth-order valence-corrected chi connectivity index (χ4v) is 4.95. The van der Waals surface area contributed by atoms with Gasteiger partial charge in [-0.05, 0) is 35.9 Å². The normalized spacial score (nSPS) is 14.4. The Labute approximate surface area is 185 Å². The summed E-state index contributed by atoms with van der Waals surface area (Å²) in [6.45, 7) is 7.35. The summed E-state index contributed by atoms with van der Waals surface area (Å²) in [5, 5.41) is 15.3. The monoisotopic (exact) mass is 425 g/mol. The standard InChI is InChI=1S/C25H23N5S/c1-25(2,3)22-11-16(7-9-28-22)21-12-19-23(17(13-26)14-29-24(19)31-21)30-18-4-5-20-15(10-18)6-8-27-20/h4-8,10,12,14,27H,9,11H2,1-3H3,(H,29,30). The largest absolute Gasteiger partial charge is 0.361 e. The van der Waals surface area contributed by atoms with Crippen molar-refractivity contribution in [3.8, 4) is 6.07 Å². The number of rotatable bonds is 3. The Bertz CT molecular complexity index is 1410. The number of dihydropyridines is 1. The summed E-state index contributed by atoms with van der Waals surface area (Å²) in [6.07, 6.45) is 6.65. The first-order valence-corrected chi connectivity index (χ1v) is 11.1. The van der Waals surface area contributed by atoms with E-state index in [0.29, 0.717) is 5.56 Å². The van der Waals surface area contributed by atoms with Gasteiger partial charge in [0.1, 0.15) is 10.9 Å². The van der Waals surface area contributed by atoms with Gasteiger partial charge in [-0.3, -0.25) is 4.99 Å². The van der Waals surface area contributed by atoms with E-state index in [-0.39, 0.29) is 5.41 Å². The van der Waals surface area contributed by atoms with Gasteiger partial charge in [-0.25, -0.2) is 4.98 Å². The lowest BCUT2D eigenvalue weighted by Gasteiger charge is -2.25. The molecule has 0 bridgehead atoms. The van der Waals surface area contributed by atoms with Crippen LogP contribution >= 0.6 is 11.3 Å². The third-order valence-electron chi connectivity index (χ3n) is 5.67. The summed E-state index contributed by atoms with van der Waals surface area (Å²) in [6, 6.07) is 12.7. The molecule has 0 unspecified atom stereocenters. The molecule has 0 saturated carbocycles. The van der Waals surface area contributed by atoms with Crippen molar-refractivity contribution >= 4 is 55.1 Å². The van der Waals surface area contributed by atoms with Crippen LogP contribution in [0.4, 0.5) is 11.4 Å². The Balaban J connectivity index is 1.55. The van der Waals surface area contributed by atoms with Gasteiger partial charge in [0.05, 0.1) is 17.8 Å². The molecule has 1 aromatic carbocycles. The first-order valence-electron chi connectivity index (χ1n) is 10.3. The van der Waals surface area contributed by atoms with E-state index in [4.69, 9.17) is 4.99 Å².